The second-order valence-electron chi connectivity index (χ2n) is 8.33. The van der Waals surface area contributed by atoms with E-state index in [2.05, 4.69) is 27.9 Å². The molecule has 0 aromatic heterocycles. The summed E-state index contributed by atoms with van der Waals surface area (Å²) < 4.78 is 6.86. The van der Waals surface area contributed by atoms with Gasteiger partial charge in [0, 0.05) is 16.2 Å². The Kier molecular flexibility index (Phi) is 9.84. The van der Waals surface area contributed by atoms with Crippen LogP contribution in [0.4, 0.5) is 0 Å². The molecule has 1 N–H and O–H groups in total. The predicted octanol–water partition coefficient (Wildman–Crippen LogP) is 4.97. The first-order chi connectivity index (χ1) is 15.6. The molecule has 0 heterocycles. The highest BCUT2D eigenvalue weighted by Gasteiger charge is 2.30. The Balaban J connectivity index is 1.68. The Labute approximate surface area is 205 Å². The first-order valence-corrected chi connectivity index (χ1v) is 12.7. The van der Waals surface area contributed by atoms with Gasteiger partial charge in [-0.25, -0.2) is 0 Å². The minimum atomic E-state index is -0.492. The molecule has 0 spiro atoms. The fourth-order valence-electron chi connectivity index (χ4n) is 4.20. The molecule has 2 amide bonds. The standard InChI is InChI=1S/C26H33IN2O3/c1-2-24(26(31)28-22-11-7-4-8-12-22)29(18-17-20-9-5-3-6-10-20)25(30)19-32-23-15-13-21(27)14-16-23/h3,5-6,9-10,13-16,22,24H,2,4,7-8,11-12,17-19H2,1H3,(H,28,31)/t24-/m0/s1. The van der Waals surface area contributed by atoms with E-state index in [9.17, 15) is 9.59 Å². The number of benzene rings is 2. The van der Waals surface area contributed by atoms with Crippen molar-refractivity contribution in [3.63, 3.8) is 0 Å². The SMILES string of the molecule is CC[C@@H](C(=O)NC1CCCCC1)N(CCc1ccccc1)C(=O)COc1ccc(I)cc1. The van der Waals surface area contributed by atoms with Gasteiger partial charge in [-0.3, -0.25) is 9.59 Å². The number of nitrogens with one attached hydrogen (secondary N) is 1. The summed E-state index contributed by atoms with van der Waals surface area (Å²) in [5.41, 5.74) is 1.14. The first kappa shape index (κ1) is 24.6. The van der Waals surface area contributed by atoms with E-state index >= 15 is 0 Å². The van der Waals surface area contributed by atoms with Crippen LogP contribution in [-0.4, -0.2) is 41.9 Å². The summed E-state index contributed by atoms with van der Waals surface area (Å²) >= 11 is 2.23. The molecular weight excluding hydrogens is 515 g/mol. The molecular formula is C26H33IN2O3. The van der Waals surface area contributed by atoms with Gasteiger partial charge in [-0.2, -0.15) is 0 Å². The minimum absolute atomic E-state index is 0.0462. The quantitative estimate of drug-likeness (QED) is 0.427. The van der Waals surface area contributed by atoms with Gasteiger partial charge in [-0.05, 0) is 78.1 Å². The van der Waals surface area contributed by atoms with Crippen LogP contribution < -0.4 is 10.1 Å². The number of carbonyl (C=O) groups is 2. The number of halogens is 1. The molecule has 3 rings (SSSR count). The summed E-state index contributed by atoms with van der Waals surface area (Å²) in [6.07, 6.45) is 6.86. The Morgan fingerprint density at radius 3 is 2.41 bits per heavy atom. The topological polar surface area (TPSA) is 58.6 Å². The van der Waals surface area contributed by atoms with Crippen LogP contribution in [0.1, 0.15) is 51.0 Å². The van der Waals surface area contributed by atoms with E-state index in [0.717, 1.165) is 34.8 Å². The zero-order chi connectivity index (χ0) is 22.8. The highest BCUT2D eigenvalue weighted by atomic mass is 127. The third-order valence-electron chi connectivity index (χ3n) is 6.00. The summed E-state index contributed by atoms with van der Waals surface area (Å²) in [7, 11) is 0. The largest absolute Gasteiger partial charge is 0.484 e. The van der Waals surface area contributed by atoms with E-state index in [4.69, 9.17) is 4.74 Å². The highest BCUT2D eigenvalue weighted by Crippen LogP contribution is 2.19. The van der Waals surface area contributed by atoms with Gasteiger partial charge in [-0.1, -0.05) is 56.5 Å². The third kappa shape index (κ3) is 7.50. The van der Waals surface area contributed by atoms with Crippen molar-refractivity contribution in [3.8, 4) is 5.75 Å². The van der Waals surface area contributed by atoms with E-state index in [1.54, 1.807) is 4.90 Å². The summed E-state index contributed by atoms with van der Waals surface area (Å²) in [4.78, 5) is 28.1. The number of ether oxygens (including phenoxy) is 1. The molecule has 0 aliphatic heterocycles. The normalized spacial score (nSPS) is 15.1. The second-order valence-corrected chi connectivity index (χ2v) is 9.58. The second kappa shape index (κ2) is 12.8. The minimum Gasteiger partial charge on any atom is -0.484 e. The number of rotatable bonds is 10. The van der Waals surface area contributed by atoms with Gasteiger partial charge < -0.3 is 15.0 Å². The zero-order valence-corrected chi connectivity index (χ0v) is 20.9. The maximum atomic E-state index is 13.2. The molecule has 1 atom stereocenters. The van der Waals surface area contributed by atoms with E-state index in [0.29, 0.717) is 25.1 Å². The van der Waals surface area contributed by atoms with Crippen LogP contribution in [-0.2, 0) is 16.0 Å². The van der Waals surface area contributed by atoms with Gasteiger partial charge in [-0.15, -0.1) is 0 Å². The maximum absolute atomic E-state index is 13.2. The van der Waals surface area contributed by atoms with Crippen LogP contribution in [0.3, 0.4) is 0 Å². The molecule has 1 fully saturated rings. The van der Waals surface area contributed by atoms with Crippen LogP contribution >= 0.6 is 22.6 Å². The highest BCUT2D eigenvalue weighted by molar-refractivity contribution is 14.1. The zero-order valence-electron chi connectivity index (χ0n) is 18.8. The molecule has 1 aliphatic carbocycles. The van der Waals surface area contributed by atoms with Crippen molar-refractivity contribution in [2.75, 3.05) is 13.2 Å². The molecule has 6 heteroatoms. The van der Waals surface area contributed by atoms with Gasteiger partial charge in [0.15, 0.2) is 6.61 Å². The Morgan fingerprint density at radius 1 is 1.06 bits per heavy atom. The van der Waals surface area contributed by atoms with Crippen molar-refractivity contribution in [1.82, 2.24) is 10.2 Å². The molecule has 1 aliphatic rings. The summed E-state index contributed by atoms with van der Waals surface area (Å²) in [5, 5.41) is 3.21. The van der Waals surface area contributed by atoms with Crippen molar-refractivity contribution >= 4 is 34.4 Å². The van der Waals surface area contributed by atoms with Gasteiger partial charge in [0.25, 0.3) is 5.91 Å². The fraction of sp³-hybridized carbons (Fsp3) is 0.462. The maximum Gasteiger partial charge on any atom is 0.261 e. The van der Waals surface area contributed by atoms with Crippen LogP contribution in [0.15, 0.2) is 54.6 Å². The van der Waals surface area contributed by atoms with Crippen molar-refractivity contribution in [1.29, 1.82) is 0 Å². The summed E-state index contributed by atoms with van der Waals surface area (Å²) in [6.45, 7) is 2.37. The molecule has 1 saturated carbocycles. The van der Waals surface area contributed by atoms with Crippen molar-refractivity contribution in [2.45, 2.75) is 64.0 Å². The molecule has 0 saturated heterocycles. The number of hydrogen-bond donors (Lipinski definition) is 1. The average Bonchev–Trinajstić information content (AvgIpc) is 2.82. The van der Waals surface area contributed by atoms with Crippen LogP contribution in [0, 0.1) is 3.57 Å². The van der Waals surface area contributed by atoms with E-state index < -0.39 is 6.04 Å². The lowest BCUT2D eigenvalue weighted by Gasteiger charge is -2.32. The molecule has 2 aromatic rings. The van der Waals surface area contributed by atoms with Gasteiger partial charge in [0.1, 0.15) is 11.8 Å². The van der Waals surface area contributed by atoms with Crippen LogP contribution in [0.5, 0.6) is 5.75 Å². The fourth-order valence-corrected chi connectivity index (χ4v) is 4.56. The van der Waals surface area contributed by atoms with E-state index in [1.165, 1.54) is 6.42 Å². The number of nitrogens with zero attached hydrogens (tertiary/aromatic N) is 1. The van der Waals surface area contributed by atoms with Crippen molar-refractivity contribution < 1.29 is 14.3 Å². The molecule has 172 valence electrons. The van der Waals surface area contributed by atoms with Crippen LogP contribution in [0.2, 0.25) is 0 Å². The smallest absolute Gasteiger partial charge is 0.261 e. The van der Waals surface area contributed by atoms with Gasteiger partial charge in [0.2, 0.25) is 5.91 Å². The molecule has 2 aromatic carbocycles. The summed E-state index contributed by atoms with van der Waals surface area (Å²) in [5.74, 6) is 0.446. The van der Waals surface area contributed by atoms with Crippen LogP contribution in [0.25, 0.3) is 0 Å². The molecule has 5 nitrogen and oxygen atoms in total. The lowest BCUT2D eigenvalue weighted by Crippen LogP contribution is -2.53. The Bertz CT molecular complexity index is 851. The monoisotopic (exact) mass is 548 g/mol. The molecule has 0 radical (unpaired) electrons. The number of carbonyl (C=O) groups excluding carboxylic acids is 2. The van der Waals surface area contributed by atoms with Gasteiger partial charge >= 0.3 is 0 Å². The molecule has 32 heavy (non-hydrogen) atoms. The number of hydrogen-bond acceptors (Lipinski definition) is 3. The Hall–Kier alpha value is -2.09. The van der Waals surface area contributed by atoms with E-state index in [1.807, 2.05) is 61.5 Å². The average molecular weight is 548 g/mol. The van der Waals surface area contributed by atoms with Crippen molar-refractivity contribution in [3.05, 3.63) is 63.7 Å². The van der Waals surface area contributed by atoms with E-state index in [-0.39, 0.29) is 24.5 Å². The molecule has 0 unspecified atom stereocenters. The molecule has 0 bridgehead atoms. The Morgan fingerprint density at radius 2 is 1.75 bits per heavy atom. The number of amides is 2. The third-order valence-corrected chi connectivity index (χ3v) is 6.72. The lowest BCUT2D eigenvalue weighted by atomic mass is 9.95. The predicted molar refractivity (Wildman–Crippen MR) is 136 cm³/mol. The van der Waals surface area contributed by atoms with Crippen molar-refractivity contribution in [2.24, 2.45) is 0 Å². The van der Waals surface area contributed by atoms with Gasteiger partial charge in [0.05, 0.1) is 0 Å². The first-order valence-electron chi connectivity index (χ1n) is 11.6. The summed E-state index contributed by atoms with van der Waals surface area (Å²) in [6, 6.07) is 17.4. The lowest BCUT2D eigenvalue weighted by molar-refractivity contribution is -0.142.